The van der Waals surface area contributed by atoms with Crippen LogP contribution in [0.2, 0.25) is 0 Å². The van der Waals surface area contributed by atoms with Crippen molar-refractivity contribution in [3.8, 4) is 5.69 Å². The third kappa shape index (κ3) is 1.43. The molecule has 0 saturated heterocycles. The summed E-state index contributed by atoms with van der Waals surface area (Å²) in [5.74, 6) is 0. The second kappa shape index (κ2) is 3.74. The summed E-state index contributed by atoms with van der Waals surface area (Å²) >= 11 is 0.0506. The Labute approximate surface area is 98.0 Å². The zero-order chi connectivity index (χ0) is 11.0. The summed E-state index contributed by atoms with van der Waals surface area (Å²) in [6.07, 6.45) is 3.42. The molecular formula is C12H8N2OSe. The van der Waals surface area contributed by atoms with E-state index in [9.17, 15) is 4.79 Å². The molecule has 3 aromatic rings. The van der Waals surface area contributed by atoms with Gasteiger partial charge in [-0.25, -0.2) is 0 Å². The first-order valence-electron chi connectivity index (χ1n) is 4.88. The van der Waals surface area contributed by atoms with E-state index in [0.29, 0.717) is 0 Å². The van der Waals surface area contributed by atoms with Gasteiger partial charge >= 0.3 is 97.8 Å². The molecule has 2 heterocycles. The molecule has 0 aliphatic carbocycles. The summed E-state index contributed by atoms with van der Waals surface area (Å²) in [7, 11) is 0. The van der Waals surface area contributed by atoms with Crippen molar-refractivity contribution in [3.63, 3.8) is 0 Å². The quantitative estimate of drug-likeness (QED) is 0.630. The number of benzene rings is 1. The van der Waals surface area contributed by atoms with Gasteiger partial charge in [-0.2, -0.15) is 0 Å². The van der Waals surface area contributed by atoms with Crippen molar-refractivity contribution >= 4 is 24.4 Å². The third-order valence-corrected chi connectivity index (χ3v) is 4.72. The zero-order valence-electron chi connectivity index (χ0n) is 8.33. The number of nitrogens with zero attached hydrogens (tertiary/aromatic N) is 2. The van der Waals surface area contributed by atoms with E-state index in [2.05, 4.69) is 4.98 Å². The molecule has 78 valence electrons. The Kier molecular flexibility index (Phi) is 2.24. The molecule has 0 atom stereocenters. The molecule has 3 nitrogen and oxygen atoms in total. The normalized spacial score (nSPS) is 10.8. The monoisotopic (exact) mass is 276 g/mol. The number of hydrogen-bond acceptors (Lipinski definition) is 2. The van der Waals surface area contributed by atoms with Gasteiger partial charge in [0.15, 0.2) is 0 Å². The number of fused-ring (bicyclic) bond motifs is 1. The number of pyridine rings is 1. The van der Waals surface area contributed by atoms with Crippen molar-refractivity contribution in [3.05, 3.63) is 59.1 Å². The SMILES string of the molecule is O=c1c2ccccc2[se]n1-c1ccncc1. The Morgan fingerprint density at radius 2 is 1.81 bits per heavy atom. The summed E-state index contributed by atoms with van der Waals surface area (Å²) in [5, 5.41) is 0.833. The Balaban J connectivity index is 2.34. The molecule has 0 saturated carbocycles. The van der Waals surface area contributed by atoms with E-state index in [1.807, 2.05) is 40.0 Å². The van der Waals surface area contributed by atoms with Gasteiger partial charge in [-0.15, -0.1) is 0 Å². The van der Waals surface area contributed by atoms with Crippen LogP contribution in [-0.4, -0.2) is 23.3 Å². The van der Waals surface area contributed by atoms with E-state index in [-0.39, 0.29) is 20.3 Å². The fraction of sp³-hybridized carbons (Fsp3) is 0. The van der Waals surface area contributed by atoms with E-state index >= 15 is 0 Å². The molecule has 0 spiro atoms. The van der Waals surface area contributed by atoms with E-state index in [4.69, 9.17) is 0 Å². The summed E-state index contributed by atoms with van der Waals surface area (Å²) in [6.45, 7) is 0. The molecule has 0 fully saturated rings. The number of hydrogen-bond donors (Lipinski definition) is 0. The van der Waals surface area contributed by atoms with Gasteiger partial charge in [-0.05, 0) is 0 Å². The Bertz CT molecular complexity index is 685. The van der Waals surface area contributed by atoms with Crippen LogP contribution in [0.15, 0.2) is 53.6 Å². The van der Waals surface area contributed by atoms with Crippen LogP contribution in [0.25, 0.3) is 15.3 Å². The summed E-state index contributed by atoms with van der Waals surface area (Å²) < 4.78 is 2.98. The Hall–Kier alpha value is -1.64. The van der Waals surface area contributed by atoms with Gasteiger partial charge in [-0.3, -0.25) is 0 Å². The van der Waals surface area contributed by atoms with Crippen molar-refractivity contribution < 1.29 is 0 Å². The van der Waals surface area contributed by atoms with Crippen LogP contribution in [-0.2, 0) is 0 Å². The van der Waals surface area contributed by atoms with Gasteiger partial charge < -0.3 is 0 Å². The zero-order valence-corrected chi connectivity index (χ0v) is 10.0. The number of aromatic nitrogens is 2. The molecule has 1 aromatic carbocycles. The van der Waals surface area contributed by atoms with Crippen LogP contribution in [0, 0.1) is 0 Å². The molecule has 0 aliphatic heterocycles. The van der Waals surface area contributed by atoms with Crippen molar-refractivity contribution in [2.24, 2.45) is 0 Å². The van der Waals surface area contributed by atoms with Crippen LogP contribution < -0.4 is 5.56 Å². The van der Waals surface area contributed by atoms with Crippen molar-refractivity contribution in [2.75, 3.05) is 0 Å². The Morgan fingerprint density at radius 3 is 2.56 bits per heavy atom. The molecule has 0 bridgehead atoms. The van der Waals surface area contributed by atoms with Gasteiger partial charge in [0.25, 0.3) is 0 Å². The van der Waals surface area contributed by atoms with Crippen LogP contribution in [0.5, 0.6) is 0 Å². The second-order valence-corrected chi connectivity index (χ2v) is 5.46. The maximum absolute atomic E-state index is 12.1. The minimum absolute atomic E-state index is 0.0506. The van der Waals surface area contributed by atoms with Crippen LogP contribution in [0.3, 0.4) is 0 Å². The molecule has 4 heteroatoms. The Morgan fingerprint density at radius 1 is 1.06 bits per heavy atom. The van der Waals surface area contributed by atoms with E-state index in [1.165, 1.54) is 0 Å². The van der Waals surface area contributed by atoms with E-state index in [0.717, 1.165) is 15.3 Å². The molecule has 0 unspecified atom stereocenters. The predicted molar refractivity (Wildman–Crippen MR) is 64.3 cm³/mol. The standard InChI is InChI=1S/C12H8N2OSe/c15-12-10-3-1-2-4-11(10)16-14(12)9-5-7-13-8-6-9/h1-8H. The fourth-order valence-electron chi connectivity index (χ4n) is 1.62. The maximum atomic E-state index is 12.1. The fourth-order valence-corrected chi connectivity index (χ4v) is 3.72. The summed E-state index contributed by atoms with van der Waals surface area (Å²) in [4.78, 5) is 16.1. The molecule has 3 rings (SSSR count). The summed E-state index contributed by atoms with van der Waals surface area (Å²) in [6, 6.07) is 11.5. The molecule has 2 aromatic heterocycles. The van der Waals surface area contributed by atoms with Crippen molar-refractivity contribution in [1.29, 1.82) is 0 Å². The molecular weight excluding hydrogens is 267 g/mol. The third-order valence-electron chi connectivity index (χ3n) is 2.39. The average Bonchev–Trinajstić information content (AvgIpc) is 2.69. The first-order valence-corrected chi connectivity index (χ1v) is 6.50. The van der Waals surface area contributed by atoms with Crippen molar-refractivity contribution in [1.82, 2.24) is 8.55 Å². The van der Waals surface area contributed by atoms with E-state index in [1.54, 1.807) is 12.4 Å². The van der Waals surface area contributed by atoms with Crippen LogP contribution >= 0.6 is 0 Å². The van der Waals surface area contributed by atoms with Gasteiger partial charge in [0.1, 0.15) is 0 Å². The van der Waals surface area contributed by atoms with Crippen LogP contribution in [0.1, 0.15) is 0 Å². The summed E-state index contributed by atoms with van der Waals surface area (Å²) in [5.41, 5.74) is 1.03. The molecule has 0 radical (unpaired) electrons. The van der Waals surface area contributed by atoms with Crippen molar-refractivity contribution in [2.45, 2.75) is 0 Å². The van der Waals surface area contributed by atoms with E-state index < -0.39 is 0 Å². The molecule has 16 heavy (non-hydrogen) atoms. The predicted octanol–water partition coefficient (Wildman–Crippen LogP) is 1.44. The first kappa shape index (κ1) is 9.58. The molecule has 0 amide bonds. The van der Waals surface area contributed by atoms with Gasteiger partial charge in [0, 0.05) is 0 Å². The van der Waals surface area contributed by atoms with Crippen LogP contribution in [0.4, 0.5) is 0 Å². The molecule has 0 N–H and O–H groups in total. The first-order chi connectivity index (χ1) is 7.86. The van der Waals surface area contributed by atoms with Gasteiger partial charge in [-0.1, -0.05) is 0 Å². The van der Waals surface area contributed by atoms with Gasteiger partial charge in [0.2, 0.25) is 0 Å². The topological polar surface area (TPSA) is 34.9 Å². The average molecular weight is 275 g/mol. The minimum atomic E-state index is 0.0506. The molecule has 0 aliphatic rings. The second-order valence-electron chi connectivity index (χ2n) is 3.39. The number of rotatable bonds is 1. The van der Waals surface area contributed by atoms with Gasteiger partial charge in [0.05, 0.1) is 0 Å².